The molecule has 1 aliphatic rings. The van der Waals surface area contributed by atoms with Crippen LogP contribution in [0.25, 0.3) is 0 Å². The van der Waals surface area contributed by atoms with E-state index in [1.54, 1.807) is 12.3 Å². The lowest BCUT2D eigenvalue weighted by Crippen LogP contribution is -2.40. The van der Waals surface area contributed by atoms with Gasteiger partial charge < -0.3 is 4.90 Å². The fourth-order valence-electron chi connectivity index (χ4n) is 2.29. The fraction of sp³-hybridized carbons (Fsp3) is 0.636. The molecule has 16 heavy (non-hydrogen) atoms. The van der Waals surface area contributed by atoms with E-state index in [-0.39, 0.29) is 5.91 Å². The second kappa shape index (κ2) is 5.34. The predicted molar refractivity (Wildman–Crippen MR) is 62.6 cm³/mol. The molecule has 5 heteroatoms. The van der Waals surface area contributed by atoms with Crippen molar-refractivity contribution >= 4 is 17.5 Å². The minimum absolute atomic E-state index is 0.0186. The lowest BCUT2D eigenvalue weighted by atomic mass is 10.2. The number of amides is 1. The highest BCUT2D eigenvalue weighted by Crippen LogP contribution is 2.24. The Labute approximate surface area is 100.0 Å². The standard InChI is InChI=1S/C11H16ClN3O/c12-6-8-15(9-3-1-2-4-9)11(16)10-5-7-13-14-10/h5,7,9H,1-4,6,8H2,(H,13,14). The summed E-state index contributed by atoms with van der Waals surface area (Å²) in [5.41, 5.74) is 0.553. The molecule has 0 unspecified atom stereocenters. The summed E-state index contributed by atoms with van der Waals surface area (Å²) in [5.74, 6) is 0.501. The van der Waals surface area contributed by atoms with E-state index in [0.29, 0.717) is 24.2 Å². The summed E-state index contributed by atoms with van der Waals surface area (Å²) in [6.07, 6.45) is 6.20. The minimum atomic E-state index is 0.0186. The van der Waals surface area contributed by atoms with Gasteiger partial charge in [0.1, 0.15) is 5.69 Å². The third-order valence-corrected chi connectivity index (χ3v) is 3.25. The van der Waals surface area contributed by atoms with Gasteiger partial charge in [-0.1, -0.05) is 12.8 Å². The number of H-pyrrole nitrogens is 1. The van der Waals surface area contributed by atoms with Crippen molar-refractivity contribution in [3.63, 3.8) is 0 Å². The van der Waals surface area contributed by atoms with E-state index in [2.05, 4.69) is 10.2 Å². The highest BCUT2D eigenvalue weighted by atomic mass is 35.5. The highest BCUT2D eigenvalue weighted by molar-refractivity contribution is 6.18. The number of aromatic amines is 1. The van der Waals surface area contributed by atoms with Crippen molar-refractivity contribution in [2.75, 3.05) is 12.4 Å². The van der Waals surface area contributed by atoms with Gasteiger partial charge in [0.05, 0.1) is 0 Å². The maximum atomic E-state index is 12.2. The first kappa shape index (κ1) is 11.5. The zero-order valence-corrected chi connectivity index (χ0v) is 9.91. The van der Waals surface area contributed by atoms with Gasteiger partial charge in [0.25, 0.3) is 5.91 Å². The second-order valence-electron chi connectivity index (χ2n) is 4.10. The van der Waals surface area contributed by atoms with E-state index in [9.17, 15) is 4.79 Å². The van der Waals surface area contributed by atoms with Gasteiger partial charge >= 0.3 is 0 Å². The molecule has 88 valence electrons. The second-order valence-corrected chi connectivity index (χ2v) is 4.47. The maximum Gasteiger partial charge on any atom is 0.272 e. The molecule has 1 aliphatic carbocycles. The number of hydrogen-bond acceptors (Lipinski definition) is 2. The van der Waals surface area contributed by atoms with E-state index >= 15 is 0 Å². The number of nitrogens with zero attached hydrogens (tertiary/aromatic N) is 2. The Morgan fingerprint density at radius 1 is 1.56 bits per heavy atom. The van der Waals surface area contributed by atoms with Crippen molar-refractivity contribution in [2.24, 2.45) is 0 Å². The first-order chi connectivity index (χ1) is 7.83. The number of halogens is 1. The SMILES string of the molecule is O=C(c1ccn[nH]1)N(CCCl)C1CCCC1. The van der Waals surface area contributed by atoms with Crippen molar-refractivity contribution < 1.29 is 4.79 Å². The van der Waals surface area contributed by atoms with Gasteiger partial charge in [0, 0.05) is 24.7 Å². The smallest absolute Gasteiger partial charge is 0.272 e. The van der Waals surface area contributed by atoms with Crippen LogP contribution in [0, 0.1) is 0 Å². The van der Waals surface area contributed by atoms with E-state index in [1.165, 1.54) is 12.8 Å². The van der Waals surface area contributed by atoms with Crippen LogP contribution in [0.4, 0.5) is 0 Å². The minimum Gasteiger partial charge on any atom is -0.333 e. The first-order valence-electron chi connectivity index (χ1n) is 5.69. The number of nitrogens with one attached hydrogen (secondary N) is 1. The van der Waals surface area contributed by atoms with Gasteiger partial charge in [0.15, 0.2) is 0 Å². The molecule has 0 saturated heterocycles. The summed E-state index contributed by atoms with van der Waals surface area (Å²) < 4.78 is 0. The number of carbonyl (C=O) groups is 1. The van der Waals surface area contributed by atoms with Crippen molar-refractivity contribution in [1.82, 2.24) is 15.1 Å². The van der Waals surface area contributed by atoms with Crippen LogP contribution in [-0.2, 0) is 0 Å². The van der Waals surface area contributed by atoms with Gasteiger partial charge in [-0.15, -0.1) is 11.6 Å². The van der Waals surface area contributed by atoms with Crippen molar-refractivity contribution in [3.8, 4) is 0 Å². The van der Waals surface area contributed by atoms with Gasteiger partial charge in [0.2, 0.25) is 0 Å². The predicted octanol–water partition coefficient (Wildman–Crippen LogP) is 2.03. The third-order valence-electron chi connectivity index (χ3n) is 3.08. The van der Waals surface area contributed by atoms with Crippen LogP contribution in [0.3, 0.4) is 0 Å². The monoisotopic (exact) mass is 241 g/mol. The summed E-state index contributed by atoms with van der Waals surface area (Å²) in [6, 6.07) is 2.06. The quantitative estimate of drug-likeness (QED) is 0.820. The summed E-state index contributed by atoms with van der Waals surface area (Å²) in [7, 11) is 0. The van der Waals surface area contributed by atoms with Crippen LogP contribution in [0.1, 0.15) is 36.2 Å². The maximum absolute atomic E-state index is 12.2. The van der Waals surface area contributed by atoms with Gasteiger partial charge in [-0.3, -0.25) is 9.89 Å². The van der Waals surface area contributed by atoms with Crippen LogP contribution >= 0.6 is 11.6 Å². The molecule has 0 atom stereocenters. The van der Waals surface area contributed by atoms with E-state index < -0.39 is 0 Å². The molecule has 1 saturated carbocycles. The molecular weight excluding hydrogens is 226 g/mol. The number of carbonyl (C=O) groups excluding carboxylic acids is 1. The van der Waals surface area contributed by atoms with Gasteiger partial charge in [-0.05, 0) is 18.9 Å². The van der Waals surface area contributed by atoms with E-state index in [1.807, 2.05) is 4.90 Å². The Morgan fingerprint density at radius 3 is 2.88 bits per heavy atom. The molecule has 0 aromatic carbocycles. The fourth-order valence-corrected chi connectivity index (χ4v) is 2.47. The molecule has 0 spiro atoms. The van der Waals surface area contributed by atoms with Gasteiger partial charge in [-0.2, -0.15) is 5.10 Å². The Kier molecular flexibility index (Phi) is 3.83. The molecule has 1 aromatic heterocycles. The summed E-state index contributed by atoms with van der Waals surface area (Å²) in [5, 5.41) is 6.52. The third kappa shape index (κ3) is 2.38. The largest absolute Gasteiger partial charge is 0.333 e. The van der Waals surface area contributed by atoms with E-state index in [0.717, 1.165) is 12.8 Å². The molecule has 0 radical (unpaired) electrons. The number of hydrogen-bond donors (Lipinski definition) is 1. The molecule has 1 aromatic rings. The van der Waals surface area contributed by atoms with Crippen LogP contribution in [0.5, 0.6) is 0 Å². The average Bonchev–Trinajstić information content (AvgIpc) is 2.96. The van der Waals surface area contributed by atoms with Gasteiger partial charge in [-0.25, -0.2) is 0 Å². The normalized spacial score (nSPS) is 16.6. The van der Waals surface area contributed by atoms with E-state index in [4.69, 9.17) is 11.6 Å². The Morgan fingerprint density at radius 2 is 2.31 bits per heavy atom. The van der Waals surface area contributed by atoms with Crippen LogP contribution in [-0.4, -0.2) is 39.5 Å². The Hall–Kier alpha value is -1.03. The molecule has 2 rings (SSSR count). The topological polar surface area (TPSA) is 49.0 Å². The van der Waals surface area contributed by atoms with Crippen molar-refractivity contribution in [2.45, 2.75) is 31.7 Å². The number of rotatable bonds is 4. The van der Waals surface area contributed by atoms with Crippen molar-refractivity contribution in [3.05, 3.63) is 18.0 Å². The lowest BCUT2D eigenvalue weighted by Gasteiger charge is -2.27. The Bertz CT molecular complexity index is 333. The van der Waals surface area contributed by atoms with Crippen LogP contribution < -0.4 is 0 Å². The number of alkyl halides is 1. The molecule has 1 heterocycles. The molecule has 1 N–H and O–H groups in total. The van der Waals surface area contributed by atoms with Crippen LogP contribution in [0.2, 0.25) is 0 Å². The van der Waals surface area contributed by atoms with Crippen LogP contribution in [0.15, 0.2) is 12.3 Å². The molecule has 1 amide bonds. The Balaban J connectivity index is 2.09. The summed E-state index contributed by atoms with van der Waals surface area (Å²) in [6.45, 7) is 0.615. The lowest BCUT2D eigenvalue weighted by molar-refractivity contribution is 0.0689. The molecule has 0 bridgehead atoms. The summed E-state index contributed by atoms with van der Waals surface area (Å²) >= 11 is 5.76. The first-order valence-corrected chi connectivity index (χ1v) is 6.22. The zero-order chi connectivity index (χ0) is 11.4. The number of aromatic nitrogens is 2. The molecule has 1 fully saturated rings. The van der Waals surface area contributed by atoms with Crippen molar-refractivity contribution in [1.29, 1.82) is 0 Å². The molecular formula is C11H16ClN3O. The average molecular weight is 242 g/mol. The zero-order valence-electron chi connectivity index (χ0n) is 9.16. The highest BCUT2D eigenvalue weighted by Gasteiger charge is 2.27. The molecule has 0 aliphatic heterocycles. The summed E-state index contributed by atoms with van der Waals surface area (Å²) in [4.78, 5) is 14.1. The molecule has 4 nitrogen and oxygen atoms in total.